The third-order valence-corrected chi connectivity index (χ3v) is 9.99. The van der Waals surface area contributed by atoms with Crippen LogP contribution in [0.15, 0.2) is 34.3 Å². The number of likely N-dealkylation sites (tertiary alicyclic amines) is 1. The van der Waals surface area contributed by atoms with Gasteiger partial charge in [-0.25, -0.2) is 9.59 Å². The van der Waals surface area contributed by atoms with E-state index < -0.39 is 77.4 Å². The minimum Gasteiger partial charge on any atom is -0.508 e. The van der Waals surface area contributed by atoms with E-state index in [0.29, 0.717) is 50.2 Å². The highest BCUT2D eigenvalue weighted by molar-refractivity contribution is 5.96. The monoisotopic (exact) mass is 944 g/mol. The maximum Gasteiger partial charge on any atom is 0.490 e. The summed E-state index contributed by atoms with van der Waals surface area (Å²) in [6.45, 7) is 9.87. The Morgan fingerprint density at radius 2 is 1.50 bits per heavy atom. The quantitative estimate of drug-likeness (QED) is 0.0433. The number of unbranched alkanes of at least 4 members (excludes halogenated alkanes) is 1. The Morgan fingerprint density at radius 1 is 0.879 bits per heavy atom. The van der Waals surface area contributed by atoms with Crippen LogP contribution in [0.5, 0.6) is 5.75 Å². The van der Waals surface area contributed by atoms with Gasteiger partial charge in [-0.05, 0) is 74.0 Å². The molecule has 5 atom stereocenters. The Bertz CT molecular complexity index is 1840. The number of amides is 5. The number of carbonyl (C=O) groups is 7. The Hall–Kier alpha value is -6.36. The van der Waals surface area contributed by atoms with Crippen LogP contribution in [0.4, 0.5) is 13.2 Å². The van der Waals surface area contributed by atoms with Gasteiger partial charge in [0, 0.05) is 46.6 Å². The van der Waals surface area contributed by atoms with Crippen molar-refractivity contribution in [2.24, 2.45) is 32.8 Å². The number of aliphatic imine (C=N–C) groups is 2. The fraction of sp³-hybridized carbons (Fsp3) is 0.643. The fourth-order valence-electron chi connectivity index (χ4n) is 6.64. The van der Waals surface area contributed by atoms with Crippen LogP contribution < -0.4 is 43.4 Å². The number of guanidine groups is 2. The molecule has 0 saturated carbocycles. The third-order valence-electron chi connectivity index (χ3n) is 9.99. The van der Waals surface area contributed by atoms with E-state index in [1.807, 2.05) is 13.8 Å². The van der Waals surface area contributed by atoms with Crippen molar-refractivity contribution in [3.05, 3.63) is 29.8 Å². The summed E-state index contributed by atoms with van der Waals surface area (Å²) in [6, 6.07) is 0.498. The van der Waals surface area contributed by atoms with Gasteiger partial charge in [0.1, 0.15) is 36.0 Å². The van der Waals surface area contributed by atoms with Crippen molar-refractivity contribution in [3.8, 4) is 5.75 Å². The van der Waals surface area contributed by atoms with Crippen molar-refractivity contribution in [2.75, 3.05) is 33.7 Å². The van der Waals surface area contributed by atoms with E-state index in [1.165, 1.54) is 17.0 Å². The number of nitrogens with one attached hydrogen (secondary N) is 6. The number of hydrogen-bond acceptors (Lipinski definition) is 10. The largest absolute Gasteiger partial charge is 0.508 e. The number of aromatic hydroxyl groups is 1. The lowest BCUT2D eigenvalue weighted by molar-refractivity contribution is -0.192. The summed E-state index contributed by atoms with van der Waals surface area (Å²) in [5, 5.41) is 43.8. The minimum absolute atomic E-state index is 0.000218. The number of carboxylic acid groups (broad SMARTS) is 2. The normalized spacial score (nSPS) is 15.7. The Labute approximate surface area is 382 Å². The molecule has 0 aromatic heterocycles. The summed E-state index contributed by atoms with van der Waals surface area (Å²) < 4.78 is 31.7. The van der Waals surface area contributed by atoms with Gasteiger partial charge in [-0.15, -0.1) is 0 Å². The van der Waals surface area contributed by atoms with E-state index in [9.17, 15) is 52.2 Å². The second-order valence-electron chi connectivity index (χ2n) is 17.0. The van der Waals surface area contributed by atoms with Gasteiger partial charge >= 0.3 is 18.1 Å². The standard InChI is InChI=1S/C40H67N11O8.C2HF3O2/c1-24(2)22-29(37(58)59)49-35(56)32(40(3,4)5)50-33(54)28(23-25-15-17-26(52)18-16-25)48-34(55)30-13-11-21-51(30)36(57)27(12-10-20-45-38(41)42)47-31(53)14-8-9-19-46-39(43-6)44-7;3-2(4,5)1(6)7/h15-18,24,27-30,32,52H,8-14,19-23H2,1-7H3,(H,47,53)(H,48,55)(H,49,56)(H,50,54)(H,58,59)(H4,41,42,45)(H2,43,44,46);(H,6,7)/t27-,28-,29-,30-,32+;/m0./s1. The molecule has 13 N–H and O–H groups in total. The first-order valence-electron chi connectivity index (χ1n) is 21.5. The van der Waals surface area contributed by atoms with Crippen molar-refractivity contribution in [3.63, 3.8) is 0 Å². The molecule has 1 fully saturated rings. The second kappa shape index (κ2) is 27.8. The third kappa shape index (κ3) is 21.5. The lowest BCUT2D eigenvalue weighted by Gasteiger charge is -2.33. The van der Waals surface area contributed by atoms with Crippen LogP contribution in [0.3, 0.4) is 0 Å². The predicted octanol–water partition coefficient (Wildman–Crippen LogP) is 0.694. The minimum atomic E-state index is -5.08. The summed E-state index contributed by atoms with van der Waals surface area (Å²) in [5.74, 6) is -6.27. The van der Waals surface area contributed by atoms with E-state index in [4.69, 9.17) is 21.4 Å². The maximum atomic E-state index is 14.1. The first kappa shape index (κ1) is 57.7. The molecule has 372 valence electrons. The number of carbonyl (C=O) groups excluding carboxylic acids is 5. The molecular weight excluding hydrogens is 876 g/mol. The number of phenolic OH excluding ortho intramolecular Hbond substituents is 1. The van der Waals surface area contributed by atoms with Crippen molar-refractivity contribution < 1.29 is 62.1 Å². The molecule has 2 rings (SSSR count). The highest BCUT2D eigenvalue weighted by atomic mass is 19.4. The molecule has 0 unspecified atom stereocenters. The molecule has 0 aliphatic carbocycles. The van der Waals surface area contributed by atoms with Crippen LogP contribution in [0.25, 0.3) is 0 Å². The van der Waals surface area contributed by atoms with Gasteiger partial charge in [0.25, 0.3) is 0 Å². The zero-order chi connectivity index (χ0) is 50.4. The molecule has 1 aliphatic heterocycles. The summed E-state index contributed by atoms with van der Waals surface area (Å²) in [5.41, 5.74) is 10.7. The lowest BCUT2D eigenvalue weighted by Crippen LogP contribution is -2.61. The number of hydrogen-bond donors (Lipinski definition) is 11. The van der Waals surface area contributed by atoms with Crippen molar-refractivity contribution in [2.45, 2.75) is 129 Å². The number of phenols is 1. The molecule has 21 nitrogen and oxygen atoms in total. The molecule has 1 saturated heterocycles. The molecule has 1 aliphatic rings. The highest BCUT2D eigenvalue weighted by Gasteiger charge is 2.41. The molecule has 66 heavy (non-hydrogen) atoms. The van der Waals surface area contributed by atoms with Crippen molar-refractivity contribution >= 4 is 53.4 Å². The summed E-state index contributed by atoms with van der Waals surface area (Å²) >= 11 is 0. The SMILES string of the molecule is CN=C(NC)NCCCCC(=O)N[C@@H](CCCN=C(N)N)C(=O)N1CCC[C@H]1C(=O)N[C@@H](Cc1ccc(O)cc1)C(=O)N[C@H](C(=O)N[C@@H](CC(C)C)C(=O)O)C(C)(C)C.O=C(O)C(F)(F)F. The molecule has 5 amide bonds. The number of nitrogens with two attached hydrogens (primary N) is 2. The van der Waals surface area contributed by atoms with Crippen molar-refractivity contribution in [1.29, 1.82) is 0 Å². The Morgan fingerprint density at radius 3 is 2.02 bits per heavy atom. The lowest BCUT2D eigenvalue weighted by atomic mass is 9.85. The van der Waals surface area contributed by atoms with Crippen molar-refractivity contribution in [1.82, 2.24) is 36.8 Å². The zero-order valence-corrected chi connectivity index (χ0v) is 38.6. The number of aliphatic carboxylic acids is 2. The number of alkyl halides is 3. The van der Waals surface area contributed by atoms with Gasteiger partial charge in [-0.2, -0.15) is 13.2 Å². The second-order valence-corrected chi connectivity index (χ2v) is 17.0. The Kier molecular flexibility index (Phi) is 24.3. The van der Waals surface area contributed by atoms with E-state index >= 15 is 0 Å². The number of rotatable bonds is 22. The molecule has 0 spiro atoms. The summed E-state index contributed by atoms with van der Waals surface area (Å²) in [4.78, 5) is 99.4. The van der Waals surface area contributed by atoms with Gasteiger partial charge in [0.2, 0.25) is 29.5 Å². The predicted molar refractivity (Wildman–Crippen MR) is 239 cm³/mol. The number of nitrogens with zero attached hydrogens (tertiary/aromatic N) is 3. The average Bonchev–Trinajstić information content (AvgIpc) is 3.72. The fourth-order valence-corrected chi connectivity index (χ4v) is 6.64. The first-order chi connectivity index (χ1) is 30.7. The molecule has 1 aromatic rings. The van der Waals surface area contributed by atoms with Gasteiger partial charge in [-0.1, -0.05) is 46.8 Å². The van der Waals surface area contributed by atoms with Crippen LogP contribution in [-0.2, 0) is 40.0 Å². The molecule has 0 bridgehead atoms. The highest BCUT2D eigenvalue weighted by Crippen LogP contribution is 2.23. The number of halogens is 3. The first-order valence-corrected chi connectivity index (χ1v) is 21.5. The van der Waals surface area contributed by atoms with Crippen LogP contribution in [-0.4, -0.2) is 144 Å². The van der Waals surface area contributed by atoms with Gasteiger partial charge in [-0.3, -0.25) is 34.0 Å². The maximum absolute atomic E-state index is 14.1. The van der Waals surface area contributed by atoms with Gasteiger partial charge in [0.05, 0.1) is 0 Å². The van der Waals surface area contributed by atoms with Gasteiger partial charge < -0.3 is 63.6 Å². The molecule has 1 heterocycles. The summed E-state index contributed by atoms with van der Waals surface area (Å²) in [6.07, 6.45) is -2.21. The van der Waals surface area contributed by atoms with E-state index in [0.717, 1.165) is 0 Å². The summed E-state index contributed by atoms with van der Waals surface area (Å²) in [7, 11) is 3.40. The van der Waals surface area contributed by atoms with Crippen LogP contribution >= 0.6 is 0 Å². The van der Waals surface area contributed by atoms with E-state index in [-0.39, 0.29) is 62.3 Å². The van der Waals surface area contributed by atoms with Crippen LogP contribution in [0.1, 0.15) is 91.5 Å². The molecular formula is C42H68F3N11O10. The average molecular weight is 944 g/mol. The zero-order valence-electron chi connectivity index (χ0n) is 38.6. The van der Waals surface area contributed by atoms with Crippen LogP contribution in [0, 0.1) is 11.3 Å². The molecule has 0 radical (unpaired) electrons. The van der Waals surface area contributed by atoms with Gasteiger partial charge in [0.15, 0.2) is 11.9 Å². The van der Waals surface area contributed by atoms with E-state index in [2.05, 4.69) is 41.9 Å². The van der Waals surface area contributed by atoms with Crippen LogP contribution in [0.2, 0.25) is 0 Å². The molecule has 1 aromatic carbocycles. The Balaban J connectivity index is 0.00000286. The topological polar surface area (TPSA) is 332 Å². The smallest absolute Gasteiger partial charge is 0.490 e. The molecule has 24 heteroatoms. The number of carboxylic acids is 2. The number of benzene rings is 1. The van der Waals surface area contributed by atoms with E-state index in [1.54, 1.807) is 47.0 Å².